The number of fused-ring (bicyclic) bond motifs is 1. The zero-order valence-corrected chi connectivity index (χ0v) is 13.4. The fraction of sp³-hybridized carbons (Fsp3) is 0.158. The molecular formula is C19H16N2O4. The first-order valence-electron chi connectivity index (χ1n) is 7.69. The highest BCUT2D eigenvalue weighted by atomic mass is 16.7. The van der Waals surface area contributed by atoms with Crippen LogP contribution in [0.1, 0.15) is 11.1 Å². The van der Waals surface area contributed by atoms with Crippen molar-refractivity contribution in [3.05, 3.63) is 59.7 Å². The van der Waals surface area contributed by atoms with Gasteiger partial charge in [0, 0.05) is 12.6 Å². The maximum Gasteiger partial charge on any atom is 0.244 e. The fourth-order valence-electron chi connectivity index (χ4n) is 2.26. The van der Waals surface area contributed by atoms with Crippen molar-refractivity contribution in [2.75, 3.05) is 13.4 Å². The number of nitriles is 1. The van der Waals surface area contributed by atoms with Gasteiger partial charge < -0.3 is 19.5 Å². The van der Waals surface area contributed by atoms with Gasteiger partial charge in [-0.1, -0.05) is 18.2 Å². The Bertz CT molecular complexity index is 822. The molecule has 6 nitrogen and oxygen atoms in total. The van der Waals surface area contributed by atoms with Gasteiger partial charge in [-0.25, -0.2) is 0 Å². The molecule has 3 rings (SSSR count). The Hall–Kier alpha value is -3.46. The van der Waals surface area contributed by atoms with E-state index in [1.54, 1.807) is 18.2 Å². The van der Waals surface area contributed by atoms with Gasteiger partial charge in [0.15, 0.2) is 18.1 Å². The summed E-state index contributed by atoms with van der Waals surface area (Å²) >= 11 is 0. The summed E-state index contributed by atoms with van der Waals surface area (Å²) in [6.45, 7) is 0.645. The minimum absolute atomic E-state index is 0.0114. The van der Waals surface area contributed by atoms with Crippen LogP contribution in [0.2, 0.25) is 0 Å². The second-order valence-corrected chi connectivity index (χ2v) is 5.25. The third-order valence-electron chi connectivity index (χ3n) is 3.51. The average molecular weight is 336 g/mol. The Kier molecular flexibility index (Phi) is 5.17. The Morgan fingerprint density at radius 1 is 1.20 bits per heavy atom. The number of carbonyl (C=O) groups is 1. The van der Waals surface area contributed by atoms with Gasteiger partial charge in [-0.2, -0.15) is 5.26 Å². The van der Waals surface area contributed by atoms with E-state index in [1.165, 1.54) is 6.08 Å². The highest BCUT2D eigenvalue weighted by Crippen LogP contribution is 2.32. The number of hydrogen-bond acceptors (Lipinski definition) is 5. The quantitative estimate of drug-likeness (QED) is 0.820. The van der Waals surface area contributed by atoms with Crippen LogP contribution in [-0.2, 0) is 11.3 Å². The normalized spacial score (nSPS) is 12.0. The molecule has 0 radical (unpaired) electrons. The predicted octanol–water partition coefficient (Wildman–Crippen LogP) is 2.65. The lowest BCUT2D eigenvalue weighted by Gasteiger charge is -2.04. The molecule has 0 unspecified atom stereocenters. The van der Waals surface area contributed by atoms with Crippen molar-refractivity contribution in [2.24, 2.45) is 0 Å². The monoisotopic (exact) mass is 336 g/mol. The SMILES string of the molecule is N#CCOc1ccc(/C=C/C(=O)NCc2ccc3c(c2)OCO3)cc1. The van der Waals surface area contributed by atoms with Gasteiger partial charge in [-0.15, -0.1) is 0 Å². The van der Waals surface area contributed by atoms with Crippen LogP contribution in [0, 0.1) is 11.3 Å². The number of carbonyl (C=O) groups excluding carboxylic acids is 1. The molecule has 126 valence electrons. The van der Waals surface area contributed by atoms with Crippen LogP contribution in [-0.4, -0.2) is 19.3 Å². The largest absolute Gasteiger partial charge is 0.479 e. The molecule has 0 atom stereocenters. The van der Waals surface area contributed by atoms with Gasteiger partial charge in [0.2, 0.25) is 12.7 Å². The second-order valence-electron chi connectivity index (χ2n) is 5.25. The van der Waals surface area contributed by atoms with Crippen LogP contribution in [0.5, 0.6) is 17.2 Å². The molecule has 0 spiro atoms. The van der Waals surface area contributed by atoms with Crippen molar-refractivity contribution in [1.29, 1.82) is 5.26 Å². The number of amides is 1. The van der Waals surface area contributed by atoms with Gasteiger partial charge in [0.1, 0.15) is 11.8 Å². The third-order valence-corrected chi connectivity index (χ3v) is 3.51. The predicted molar refractivity (Wildman–Crippen MR) is 91.0 cm³/mol. The molecule has 0 saturated carbocycles. The van der Waals surface area contributed by atoms with Crippen molar-refractivity contribution in [3.8, 4) is 23.3 Å². The van der Waals surface area contributed by atoms with Crippen LogP contribution in [0.3, 0.4) is 0 Å². The third kappa shape index (κ3) is 4.52. The van der Waals surface area contributed by atoms with Gasteiger partial charge in [-0.05, 0) is 41.5 Å². The van der Waals surface area contributed by atoms with Gasteiger partial charge in [0.05, 0.1) is 0 Å². The first kappa shape index (κ1) is 16.4. The van der Waals surface area contributed by atoms with Gasteiger partial charge in [0.25, 0.3) is 0 Å². The van der Waals surface area contributed by atoms with E-state index in [9.17, 15) is 4.79 Å². The van der Waals surface area contributed by atoms with Crippen molar-refractivity contribution >= 4 is 12.0 Å². The molecule has 1 heterocycles. The second kappa shape index (κ2) is 7.88. The summed E-state index contributed by atoms with van der Waals surface area (Å²) in [5.74, 6) is 1.84. The summed E-state index contributed by atoms with van der Waals surface area (Å²) in [6, 6.07) is 14.6. The first-order valence-corrected chi connectivity index (χ1v) is 7.69. The van der Waals surface area contributed by atoms with E-state index in [1.807, 2.05) is 36.4 Å². The summed E-state index contributed by atoms with van der Waals surface area (Å²) in [5, 5.41) is 11.3. The summed E-state index contributed by atoms with van der Waals surface area (Å²) in [5.41, 5.74) is 1.80. The number of benzene rings is 2. The molecule has 2 aromatic carbocycles. The van der Waals surface area contributed by atoms with E-state index >= 15 is 0 Å². The Morgan fingerprint density at radius 3 is 2.80 bits per heavy atom. The molecule has 0 aromatic heterocycles. The van der Waals surface area contributed by atoms with E-state index in [-0.39, 0.29) is 19.3 Å². The molecule has 6 heteroatoms. The highest BCUT2D eigenvalue weighted by molar-refractivity contribution is 5.91. The Balaban J connectivity index is 1.50. The number of ether oxygens (including phenoxy) is 3. The van der Waals surface area contributed by atoms with Crippen molar-refractivity contribution in [1.82, 2.24) is 5.32 Å². The minimum atomic E-state index is -0.192. The van der Waals surface area contributed by atoms with E-state index in [4.69, 9.17) is 19.5 Å². The molecule has 25 heavy (non-hydrogen) atoms. The molecular weight excluding hydrogens is 320 g/mol. The smallest absolute Gasteiger partial charge is 0.244 e. The van der Waals surface area contributed by atoms with Crippen LogP contribution in [0.25, 0.3) is 6.08 Å². The minimum Gasteiger partial charge on any atom is -0.479 e. The fourth-order valence-corrected chi connectivity index (χ4v) is 2.26. The molecule has 1 aliphatic heterocycles. The van der Waals surface area contributed by atoms with Crippen molar-refractivity contribution in [3.63, 3.8) is 0 Å². The lowest BCUT2D eigenvalue weighted by molar-refractivity contribution is -0.116. The number of rotatable bonds is 6. The van der Waals surface area contributed by atoms with Crippen molar-refractivity contribution in [2.45, 2.75) is 6.54 Å². The van der Waals surface area contributed by atoms with E-state index in [0.29, 0.717) is 18.0 Å². The lowest BCUT2D eigenvalue weighted by Crippen LogP contribution is -2.20. The lowest BCUT2D eigenvalue weighted by atomic mass is 10.2. The van der Waals surface area contributed by atoms with E-state index in [0.717, 1.165) is 16.9 Å². The van der Waals surface area contributed by atoms with Crippen molar-refractivity contribution < 1.29 is 19.0 Å². The molecule has 1 N–H and O–H groups in total. The Labute approximate surface area is 145 Å². The molecule has 0 saturated heterocycles. The molecule has 1 amide bonds. The summed E-state index contributed by atoms with van der Waals surface area (Å²) in [4.78, 5) is 11.9. The maximum absolute atomic E-state index is 11.9. The number of hydrogen-bond donors (Lipinski definition) is 1. The van der Waals surface area contributed by atoms with Crippen LogP contribution >= 0.6 is 0 Å². The summed E-state index contributed by atoms with van der Waals surface area (Å²) in [6.07, 6.45) is 3.18. The Morgan fingerprint density at radius 2 is 2.00 bits per heavy atom. The molecule has 0 bridgehead atoms. The molecule has 2 aromatic rings. The summed E-state index contributed by atoms with van der Waals surface area (Å²) < 4.78 is 15.7. The molecule has 0 fully saturated rings. The molecule has 0 aliphatic carbocycles. The van der Waals surface area contributed by atoms with E-state index in [2.05, 4.69) is 5.32 Å². The van der Waals surface area contributed by atoms with Crippen LogP contribution in [0.15, 0.2) is 48.5 Å². The molecule has 1 aliphatic rings. The van der Waals surface area contributed by atoms with Gasteiger partial charge >= 0.3 is 0 Å². The zero-order chi connectivity index (χ0) is 17.5. The summed E-state index contributed by atoms with van der Waals surface area (Å²) in [7, 11) is 0. The topological polar surface area (TPSA) is 80.6 Å². The highest BCUT2D eigenvalue weighted by Gasteiger charge is 2.13. The average Bonchev–Trinajstić information content (AvgIpc) is 3.11. The van der Waals surface area contributed by atoms with Gasteiger partial charge in [-0.3, -0.25) is 4.79 Å². The zero-order valence-electron chi connectivity index (χ0n) is 13.4. The number of nitrogens with zero attached hydrogens (tertiary/aromatic N) is 1. The maximum atomic E-state index is 11.9. The number of nitrogens with one attached hydrogen (secondary N) is 1. The van der Waals surface area contributed by atoms with E-state index < -0.39 is 0 Å². The van der Waals surface area contributed by atoms with Crippen LogP contribution in [0.4, 0.5) is 0 Å². The first-order chi connectivity index (χ1) is 12.2. The van der Waals surface area contributed by atoms with Crippen LogP contribution < -0.4 is 19.5 Å². The standard InChI is InChI=1S/C19H16N2O4/c20-9-10-23-16-5-1-14(2-6-16)4-8-19(22)21-12-15-3-7-17-18(11-15)25-13-24-17/h1-8,11H,10,12-13H2,(H,21,22)/b8-4+.